The second kappa shape index (κ2) is 10.4. The normalized spacial score (nSPS) is 10.8. The second-order valence-electron chi connectivity index (χ2n) is 5.47. The summed E-state index contributed by atoms with van der Waals surface area (Å²) >= 11 is 0. The molecule has 4 N–H and O–H groups in total. The van der Waals surface area contributed by atoms with Gasteiger partial charge in [-0.2, -0.15) is 0 Å². The van der Waals surface area contributed by atoms with Gasteiger partial charge in [-0.25, -0.2) is 0 Å². The average molecular weight is 279 g/mol. The Labute approximate surface area is 122 Å². The van der Waals surface area contributed by atoms with Crippen LogP contribution in [-0.2, 0) is 6.42 Å². The number of aromatic nitrogens is 3. The Hall–Kier alpha value is -1.39. The van der Waals surface area contributed by atoms with Crippen LogP contribution in [0.4, 0.5) is 11.6 Å². The molecular formula is C15H29N5. The van der Waals surface area contributed by atoms with Gasteiger partial charge in [-0.3, -0.25) is 0 Å². The number of nitrogen functional groups attached to an aromatic ring is 2. The molecule has 0 unspecified atom stereocenters. The fraction of sp³-hybridized carbons (Fsp3) is 0.800. The molecule has 0 aliphatic heterocycles. The Morgan fingerprint density at radius 3 is 1.65 bits per heavy atom. The van der Waals surface area contributed by atoms with Gasteiger partial charge < -0.3 is 11.5 Å². The van der Waals surface area contributed by atoms with Crippen molar-refractivity contribution in [1.29, 1.82) is 0 Å². The first-order valence-corrected chi connectivity index (χ1v) is 7.99. The van der Waals surface area contributed by atoms with Gasteiger partial charge in [-0.1, -0.05) is 64.7 Å². The summed E-state index contributed by atoms with van der Waals surface area (Å²) in [6.07, 6.45) is 14.1. The molecule has 1 aromatic heterocycles. The van der Waals surface area contributed by atoms with Crippen LogP contribution in [0.25, 0.3) is 0 Å². The lowest BCUT2D eigenvalue weighted by Crippen LogP contribution is -2.07. The van der Waals surface area contributed by atoms with Gasteiger partial charge in [0.2, 0.25) is 0 Å². The summed E-state index contributed by atoms with van der Waals surface area (Å²) in [4.78, 5) is 0. The molecule has 0 aromatic carbocycles. The molecule has 5 heteroatoms. The van der Waals surface area contributed by atoms with Crippen molar-refractivity contribution in [2.75, 3.05) is 11.5 Å². The molecule has 1 heterocycles. The Kier molecular flexibility index (Phi) is 8.67. The van der Waals surface area contributed by atoms with Gasteiger partial charge in [0.25, 0.3) is 0 Å². The first-order chi connectivity index (χ1) is 9.75. The highest BCUT2D eigenvalue weighted by atomic mass is 15.3. The molecule has 0 radical (unpaired) electrons. The predicted octanol–water partition coefficient (Wildman–Crippen LogP) is 3.50. The Balaban J connectivity index is 2.00. The Morgan fingerprint density at radius 1 is 0.700 bits per heavy atom. The van der Waals surface area contributed by atoms with E-state index in [0.29, 0.717) is 11.6 Å². The number of unbranched alkanes of at least 4 members (excludes halogenated alkanes) is 9. The molecule has 1 rings (SSSR count). The third-order valence-electron chi connectivity index (χ3n) is 3.70. The molecule has 0 bridgehead atoms. The van der Waals surface area contributed by atoms with Crippen LogP contribution in [0.15, 0.2) is 0 Å². The lowest BCUT2D eigenvalue weighted by atomic mass is 10.0. The van der Waals surface area contributed by atoms with Crippen molar-refractivity contribution in [2.45, 2.75) is 77.6 Å². The van der Waals surface area contributed by atoms with Crippen molar-refractivity contribution < 1.29 is 0 Å². The molecule has 0 amide bonds. The summed E-state index contributed by atoms with van der Waals surface area (Å²) in [5, 5.41) is 11.0. The topological polar surface area (TPSA) is 90.7 Å². The van der Waals surface area contributed by atoms with Gasteiger partial charge in [0, 0.05) is 5.56 Å². The second-order valence-corrected chi connectivity index (χ2v) is 5.47. The minimum atomic E-state index is 0.424. The molecular weight excluding hydrogens is 250 g/mol. The van der Waals surface area contributed by atoms with Crippen LogP contribution in [0.1, 0.15) is 76.7 Å². The van der Waals surface area contributed by atoms with Gasteiger partial charge in [0.1, 0.15) is 0 Å². The summed E-state index contributed by atoms with van der Waals surface area (Å²) < 4.78 is 0. The first kappa shape index (κ1) is 16.7. The van der Waals surface area contributed by atoms with Crippen LogP contribution in [0, 0.1) is 0 Å². The molecule has 0 aliphatic rings. The van der Waals surface area contributed by atoms with Crippen molar-refractivity contribution in [2.24, 2.45) is 0 Å². The van der Waals surface area contributed by atoms with Gasteiger partial charge in [-0.15, -0.1) is 10.2 Å². The molecule has 1 aromatic rings. The average Bonchev–Trinajstić information content (AvgIpc) is 2.43. The van der Waals surface area contributed by atoms with Gasteiger partial charge in [0.05, 0.1) is 0 Å². The highest BCUT2D eigenvalue weighted by Crippen LogP contribution is 2.17. The number of nitrogens with zero attached hydrogens (tertiary/aromatic N) is 3. The van der Waals surface area contributed by atoms with Crippen molar-refractivity contribution >= 4 is 11.6 Å². The van der Waals surface area contributed by atoms with E-state index in [1.807, 2.05) is 0 Å². The number of hydrogen-bond donors (Lipinski definition) is 2. The van der Waals surface area contributed by atoms with Crippen LogP contribution in [0.3, 0.4) is 0 Å². The first-order valence-electron chi connectivity index (χ1n) is 7.99. The predicted molar refractivity (Wildman–Crippen MR) is 84.2 cm³/mol. The van der Waals surface area contributed by atoms with Crippen molar-refractivity contribution in [3.05, 3.63) is 5.56 Å². The summed E-state index contributed by atoms with van der Waals surface area (Å²) in [5.74, 6) is 0.849. The van der Waals surface area contributed by atoms with E-state index in [-0.39, 0.29) is 0 Å². The fourth-order valence-corrected chi connectivity index (χ4v) is 2.42. The summed E-state index contributed by atoms with van der Waals surface area (Å²) in [7, 11) is 0. The Morgan fingerprint density at radius 2 is 1.15 bits per heavy atom. The van der Waals surface area contributed by atoms with E-state index in [2.05, 4.69) is 22.3 Å². The molecule has 0 atom stereocenters. The van der Waals surface area contributed by atoms with Gasteiger partial charge in [0.15, 0.2) is 11.6 Å². The van der Waals surface area contributed by atoms with E-state index >= 15 is 0 Å². The molecule has 0 spiro atoms. The zero-order valence-electron chi connectivity index (χ0n) is 12.8. The zero-order valence-corrected chi connectivity index (χ0v) is 12.8. The van der Waals surface area contributed by atoms with Crippen LogP contribution >= 0.6 is 0 Å². The maximum Gasteiger partial charge on any atom is 0.154 e. The van der Waals surface area contributed by atoms with Crippen LogP contribution in [0.5, 0.6) is 0 Å². The van der Waals surface area contributed by atoms with E-state index in [4.69, 9.17) is 11.5 Å². The molecule has 0 aliphatic carbocycles. The molecule has 114 valence electrons. The van der Waals surface area contributed by atoms with E-state index < -0.39 is 0 Å². The van der Waals surface area contributed by atoms with Crippen LogP contribution in [0.2, 0.25) is 0 Å². The third-order valence-corrected chi connectivity index (χ3v) is 3.70. The number of rotatable bonds is 11. The highest BCUT2D eigenvalue weighted by Gasteiger charge is 2.06. The van der Waals surface area contributed by atoms with E-state index in [1.165, 1.54) is 57.8 Å². The quantitative estimate of drug-likeness (QED) is 0.605. The highest BCUT2D eigenvalue weighted by molar-refractivity contribution is 5.50. The molecule has 0 saturated heterocycles. The minimum Gasteiger partial charge on any atom is -0.382 e. The van der Waals surface area contributed by atoms with Gasteiger partial charge >= 0.3 is 0 Å². The van der Waals surface area contributed by atoms with Crippen LogP contribution in [-0.4, -0.2) is 15.4 Å². The van der Waals surface area contributed by atoms with Crippen molar-refractivity contribution in [1.82, 2.24) is 15.4 Å². The van der Waals surface area contributed by atoms with E-state index in [1.54, 1.807) is 0 Å². The maximum atomic E-state index is 5.75. The molecule has 0 fully saturated rings. The lowest BCUT2D eigenvalue weighted by molar-refractivity contribution is 0.556. The standard InChI is InChI=1S/C15H29N5/c1-2-3-4-5-6-7-8-9-10-11-12-13-14(16)18-20-19-15(13)17/h2-12H2,1H3,(H4,16,17,18,19). The summed E-state index contributed by atoms with van der Waals surface area (Å²) in [5.41, 5.74) is 12.4. The zero-order chi connectivity index (χ0) is 14.6. The third kappa shape index (κ3) is 6.68. The number of hydrogen-bond acceptors (Lipinski definition) is 5. The monoisotopic (exact) mass is 279 g/mol. The maximum absolute atomic E-state index is 5.75. The van der Waals surface area contributed by atoms with E-state index in [0.717, 1.165) is 18.4 Å². The van der Waals surface area contributed by atoms with Crippen molar-refractivity contribution in [3.63, 3.8) is 0 Å². The fourth-order valence-electron chi connectivity index (χ4n) is 2.42. The van der Waals surface area contributed by atoms with E-state index in [9.17, 15) is 0 Å². The Bertz CT molecular complexity index is 347. The smallest absolute Gasteiger partial charge is 0.154 e. The minimum absolute atomic E-state index is 0.424. The molecule has 0 saturated carbocycles. The van der Waals surface area contributed by atoms with Crippen LogP contribution < -0.4 is 11.5 Å². The van der Waals surface area contributed by atoms with Gasteiger partial charge in [-0.05, 0) is 18.1 Å². The number of anilines is 2. The number of nitrogens with two attached hydrogens (primary N) is 2. The lowest BCUT2D eigenvalue weighted by Gasteiger charge is -2.06. The largest absolute Gasteiger partial charge is 0.382 e. The molecule has 20 heavy (non-hydrogen) atoms. The SMILES string of the molecule is CCCCCCCCCCCCc1c(N)nnnc1N. The summed E-state index contributed by atoms with van der Waals surface area (Å²) in [6.45, 7) is 2.26. The summed E-state index contributed by atoms with van der Waals surface area (Å²) in [6, 6.07) is 0. The van der Waals surface area contributed by atoms with Crippen molar-refractivity contribution in [3.8, 4) is 0 Å². The molecule has 5 nitrogen and oxygen atoms in total.